The van der Waals surface area contributed by atoms with Crippen LogP contribution in [0, 0.1) is 17.8 Å². The molecule has 15 heavy (non-hydrogen) atoms. The van der Waals surface area contributed by atoms with Crippen molar-refractivity contribution in [3.05, 3.63) is 0 Å². The van der Waals surface area contributed by atoms with E-state index in [-0.39, 0.29) is 6.04 Å². The molecule has 1 amide bonds. The molecule has 2 fully saturated rings. The summed E-state index contributed by atoms with van der Waals surface area (Å²) in [7, 11) is 1.94. The molecule has 4 unspecified atom stereocenters. The van der Waals surface area contributed by atoms with E-state index in [1.807, 2.05) is 11.9 Å². The van der Waals surface area contributed by atoms with Crippen molar-refractivity contribution in [1.82, 2.24) is 10.2 Å². The summed E-state index contributed by atoms with van der Waals surface area (Å²) in [6.45, 7) is 6.37. The third kappa shape index (κ3) is 2.33. The lowest BCUT2D eigenvalue weighted by Crippen LogP contribution is -2.44. The van der Waals surface area contributed by atoms with Gasteiger partial charge in [-0.2, -0.15) is 0 Å². The fraction of sp³-hybridized carbons (Fsp3) is 0.917. The van der Waals surface area contributed by atoms with Crippen molar-refractivity contribution in [1.29, 1.82) is 0 Å². The monoisotopic (exact) mass is 210 g/mol. The number of carbonyl (C=O) groups excluding carboxylic acids is 1. The molecule has 2 aliphatic rings. The van der Waals surface area contributed by atoms with Crippen LogP contribution in [0.5, 0.6) is 0 Å². The zero-order chi connectivity index (χ0) is 11.0. The van der Waals surface area contributed by atoms with Gasteiger partial charge in [-0.05, 0) is 37.1 Å². The van der Waals surface area contributed by atoms with Crippen LogP contribution in [0.3, 0.4) is 0 Å². The van der Waals surface area contributed by atoms with Gasteiger partial charge in [-0.25, -0.2) is 0 Å². The minimum absolute atomic E-state index is 0.0732. The van der Waals surface area contributed by atoms with Crippen molar-refractivity contribution >= 4 is 5.91 Å². The van der Waals surface area contributed by atoms with Gasteiger partial charge >= 0.3 is 0 Å². The summed E-state index contributed by atoms with van der Waals surface area (Å²) < 4.78 is 0. The second-order valence-corrected chi connectivity index (χ2v) is 5.39. The maximum absolute atomic E-state index is 12.1. The van der Waals surface area contributed by atoms with Crippen LogP contribution in [0.15, 0.2) is 0 Å². The van der Waals surface area contributed by atoms with Crippen molar-refractivity contribution in [2.24, 2.45) is 17.8 Å². The summed E-state index contributed by atoms with van der Waals surface area (Å²) in [5.74, 6) is 2.38. The van der Waals surface area contributed by atoms with Crippen LogP contribution in [0.4, 0.5) is 0 Å². The van der Waals surface area contributed by atoms with Crippen molar-refractivity contribution < 1.29 is 4.79 Å². The minimum Gasteiger partial charge on any atom is -0.344 e. The Kier molecular flexibility index (Phi) is 3.01. The number of nitrogens with zero attached hydrogens (tertiary/aromatic N) is 1. The Bertz CT molecular complexity index is 254. The van der Waals surface area contributed by atoms with Crippen LogP contribution in [0.25, 0.3) is 0 Å². The van der Waals surface area contributed by atoms with Crippen molar-refractivity contribution in [2.75, 3.05) is 20.1 Å². The summed E-state index contributed by atoms with van der Waals surface area (Å²) >= 11 is 0. The lowest BCUT2D eigenvalue weighted by molar-refractivity contribution is -0.132. The fourth-order valence-electron chi connectivity index (χ4n) is 2.50. The molecule has 1 heterocycles. The molecule has 0 spiro atoms. The van der Waals surface area contributed by atoms with E-state index in [0.717, 1.165) is 31.3 Å². The van der Waals surface area contributed by atoms with E-state index in [1.165, 1.54) is 6.42 Å². The number of likely N-dealkylation sites (N-methyl/N-ethyl adjacent to an activating group) is 1. The first kappa shape index (κ1) is 10.9. The maximum Gasteiger partial charge on any atom is 0.239 e. The van der Waals surface area contributed by atoms with E-state index in [1.54, 1.807) is 0 Å². The van der Waals surface area contributed by atoms with Crippen molar-refractivity contribution in [3.8, 4) is 0 Å². The van der Waals surface area contributed by atoms with Crippen molar-refractivity contribution in [3.63, 3.8) is 0 Å². The topological polar surface area (TPSA) is 32.3 Å². The summed E-state index contributed by atoms with van der Waals surface area (Å²) in [5.41, 5.74) is 0. The Hall–Kier alpha value is -0.570. The molecule has 1 saturated carbocycles. The number of amides is 1. The summed E-state index contributed by atoms with van der Waals surface area (Å²) in [6, 6.07) is 0.0732. The largest absolute Gasteiger partial charge is 0.344 e. The van der Waals surface area contributed by atoms with Crippen LogP contribution in [-0.4, -0.2) is 37.0 Å². The fourth-order valence-corrected chi connectivity index (χ4v) is 2.50. The lowest BCUT2D eigenvalue weighted by Gasteiger charge is -2.23. The average molecular weight is 210 g/mol. The molecular weight excluding hydrogens is 188 g/mol. The maximum atomic E-state index is 12.1. The first-order chi connectivity index (χ1) is 7.09. The Labute approximate surface area is 92.2 Å². The van der Waals surface area contributed by atoms with E-state index in [2.05, 4.69) is 19.2 Å². The van der Waals surface area contributed by atoms with Gasteiger partial charge in [0.05, 0.1) is 6.04 Å². The first-order valence-corrected chi connectivity index (χ1v) is 6.08. The van der Waals surface area contributed by atoms with Crippen LogP contribution in [0.2, 0.25) is 0 Å². The molecule has 3 heteroatoms. The summed E-state index contributed by atoms with van der Waals surface area (Å²) in [5, 5.41) is 3.30. The molecule has 0 radical (unpaired) electrons. The Morgan fingerprint density at radius 3 is 2.53 bits per heavy atom. The SMILES string of the molecule is CC1CC1CN(C)C(=O)C1NCCC1C. The number of hydrogen-bond donors (Lipinski definition) is 1. The van der Waals surface area contributed by atoms with Gasteiger partial charge in [-0.1, -0.05) is 13.8 Å². The van der Waals surface area contributed by atoms with Gasteiger partial charge in [0, 0.05) is 13.6 Å². The highest BCUT2D eigenvalue weighted by Gasteiger charge is 2.37. The molecule has 1 aliphatic carbocycles. The molecule has 0 aromatic heterocycles. The molecule has 1 aliphatic heterocycles. The van der Waals surface area contributed by atoms with Gasteiger partial charge in [0.2, 0.25) is 5.91 Å². The van der Waals surface area contributed by atoms with Crippen molar-refractivity contribution in [2.45, 2.75) is 32.7 Å². The number of carbonyl (C=O) groups is 1. The standard InChI is InChI=1S/C12H22N2O/c1-8-4-5-13-11(8)12(15)14(3)7-10-6-9(10)2/h8-11,13H,4-7H2,1-3H3. The van der Waals surface area contributed by atoms with Crippen LogP contribution < -0.4 is 5.32 Å². The van der Waals surface area contributed by atoms with Crippen LogP contribution >= 0.6 is 0 Å². The molecule has 0 bridgehead atoms. The van der Waals surface area contributed by atoms with Gasteiger partial charge < -0.3 is 10.2 Å². The van der Waals surface area contributed by atoms with Crippen LogP contribution in [0.1, 0.15) is 26.7 Å². The molecule has 2 rings (SSSR count). The summed E-state index contributed by atoms with van der Waals surface area (Å²) in [6.07, 6.45) is 2.43. The zero-order valence-corrected chi connectivity index (χ0v) is 9.99. The number of rotatable bonds is 3. The molecule has 0 aromatic rings. The molecular formula is C12H22N2O. The van der Waals surface area contributed by atoms with E-state index < -0.39 is 0 Å². The van der Waals surface area contributed by atoms with Crippen LogP contribution in [-0.2, 0) is 4.79 Å². The van der Waals surface area contributed by atoms with E-state index in [9.17, 15) is 4.79 Å². The molecule has 4 atom stereocenters. The van der Waals surface area contributed by atoms with E-state index in [0.29, 0.717) is 11.8 Å². The molecule has 86 valence electrons. The predicted molar refractivity (Wildman–Crippen MR) is 60.5 cm³/mol. The second kappa shape index (κ2) is 4.12. The molecule has 1 N–H and O–H groups in total. The van der Waals surface area contributed by atoms with Gasteiger partial charge in [-0.15, -0.1) is 0 Å². The summed E-state index contributed by atoms with van der Waals surface area (Å²) in [4.78, 5) is 14.0. The number of hydrogen-bond acceptors (Lipinski definition) is 2. The highest BCUT2D eigenvalue weighted by molar-refractivity contribution is 5.82. The predicted octanol–water partition coefficient (Wildman–Crippen LogP) is 1.10. The van der Waals surface area contributed by atoms with Gasteiger partial charge in [0.15, 0.2) is 0 Å². The smallest absolute Gasteiger partial charge is 0.239 e. The third-order valence-electron chi connectivity index (χ3n) is 3.96. The van der Waals surface area contributed by atoms with Gasteiger partial charge in [-0.3, -0.25) is 4.79 Å². The number of nitrogens with one attached hydrogen (secondary N) is 1. The highest BCUT2D eigenvalue weighted by Crippen LogP contribution is 2.38. The highest BCUT2D eigenvalue weighted by atomic mass is 16.2. The molecule has 3 nitrogen and oxygen atoms in total. The quantitative estimate of drug-likeness (QED) is 0.756. The van der Waals surface area contributed by atoms with Gasteiger partial charge in [0.1, 0.15) is 0 Å². The molecule has 0 aromatic carbocycles. The Balaban J connectivity index is 1.83. The third-order valence-corrected chi connectivity index (χ3v) is 3.96. The first-order valence-electron chi connectivity index (χ1n) is 6.08. The second-order valence-electron chi connectivity index (χ2n) is 5.39. The lowest BCUT2D eigenvalue weighted by atomic mass is 10.0. The average Bonchev–Trinajstić information content (AvgIpc) is 2.72. The Morgan fingerprint density at radius 2 is 2.07 bits per heavy atom. The van der Waals surface area contributed by atoms with E-state index >= 15 is 0 Å². The normalized spacial score (nSPS) is 39.1. The minimum atomic E-state index is 0.0732. The van der Waals surface area contributed by atoms with E-state index in [4.69, 9.17) is 0 Å². The molecule has 1 saturated heterocycles. The Morgan fingerprint density at radius 1 is 1.40 bits per heavy atom. The zero-order valence-electron chi connectivity index (χ0n) is 9.99. The van der Waals surface area contributed by atoms with Gasteiger partial charge in [0.25, 0.3) is 0 Å².